The molecule has 1 unspecified atom stereocenters. The van der Waals surface area contributed by atoms with Crippen LogP contribution in [0.2, 0.25) is 0 Å². The third kappa shape index (κ3) is 4.57. The number of amides is 1. The van der Waals surface area contributed by atoms with E-state index in [0.29, 0.717) is 5.75 Å². The van der Waals surface area contributed by atoms with Crippen molar-refractivity contribution in [1.29, 1.82) is 0 Å². The van der Waals surface area contributed by atoms with Crippen molar-refractivity contribution >= 4 is 22.6 Å². The number of rotatable bonds is 6. The quantitative estimate of drug-likeness (QED) is 0.491. The summed E-state index contributed by atoms with van der Waals surface area (Å²) in [4.78, 5) is 24.4. The molecule has 29 heavy (non-hydrogen) atoms. The maximum atomic E-state index is 12.6. The van der Waals surface area contributed by atoms with Crippen LogP contribution < -0.4 is 14.8 Å². The maximum Gasteiger partial charge on any atom is 0.308 e. The van der Waals surface area contributed by atoms with E-state index in [0.717, 1.165) is 27.6 Å². The number of hydrogen-bond donors (Lipinski definition) is 1. The molecule has 0 heterocycles. The summed E-state index contributed by atoms with van der Waals surface area (Å²) in [5.41, 5.74) is 1.61. The van der Waals surface area contributed by atoms with Crippen LogP contribution in [0.1, 0.15) is 37.9 Å². The van der Waals surface area contributed by atoms with Gasteiger partial charge >= 0.3 is 5.97 Å². The molecular formula is C24H25NO4. The van der Waals surface area contributed by atoms with Gasteiger partial charge in [0.2, 0.25) is 5.91 Å². The van der Waals surface area contributed by atoms with Gasteiger partial charge in [0.1, 0.15) is 11.5 Å². The van der Waals surface area contributed by atoms with E-state index in [9.17, 15) is 9.59 Å². The van der Waals surface area contributed by atoms with E-state index in [2.05, 4.69) is 5.32 Å². The second-order valence-electron chi connectivity index (χ2n) is 7.16. The van der Waals surface area contributed by atoms with E-state index in [-0.39, 0.29) is 11.8 Å². The van der Waals surface area contributed by atoms with Gasteiger partial charge in [0.15, 0.2) is 0 Å². The number of carbonyl (C=O) groups is 2. The average Bonchev–Trinajstić information content (AvgIpc) is 2.71. The molecule has 0 aliphatic rings. The summed E-state index contributed by atoms with van der Waals surface area (Å²) < 4.78 is 10.8. The molecular weight excluding hydrogens is 366 g/mol. The van der Waals surface area contributed by atoms with Crippen LogP contribution in [0, 0.1) is 5.92 Å². The van der Waals surface area contributed by atoms with Crippen LogP contribution in [0.4, 0.5) is 0 Å². The number of hydrogen-bond acceptors (Lipinski definition) is 4. The summed E-state index contributed by atoms with van der Waals surface area (Å²) in [5, 5.41) is 5.03. The number of benzene rings is 3. The van der Waals surface area contributed by atoms with Crippen LogP contribution in [0.15, 0.2) is 60.7 Å². The summed E-state index contributed by atoms with van der Waals surface area (Å²) in [6.07, 6.45) is 0. The van der Waals surface area contributed by atoms with Crippen molar-refractivity contribution < 1.29 is 19.1 Å². The minimum atomic E-state index is -0.490. The molecule has 0 aliphatic carbocycles. The number of methoxy groups -OCH3 is 1. The maximum absolute atomic E-state index is 12.6. The molecule has 1 N–H and O–H groups in total. The highest BCUT2D eigenvalue weighted by Crippen LogP contribution is 2.37. The van der Waals surface area contributed by atoms with Gasteiger partial charge < -0.3 is 14.8 Å². The summed E-state index contributed by atoms with van der Waals surface area (Å²) >= 11 is 0. The monoisotopic (exact) mass is 391 g/mol. The van der Waals surface area contributed by atoms with Crippen LogP contribution in [-0.4, -0.2) is 19.0 Å². The highest BCUT2D eigenvalue weighted by atomic mass is 16.5. The molecule has 3 rings (SSSR count). The van der Waals surface area contributed by atoms with Gasteiger partial charge in [-0.2, -0.15) is 0 Å². The van der Waals surface area contributed by atoms with E-state index in [1.165, 1.54) is 6.92 Å². The topological polar surface area (TPSA) is 64.6 Å². The Morgan fingerprint density at radius 3 is 2.24 bits per heavy atom. The van der Waals surface area contributed by atoms with Crippen molar-refractivity contribution in [1.82, 2.24) is 5.32 Å². The van der Waals surface area contributed by atoms with Crippen LogP contribution >= 0.6 is 0 Å². The molecule has 5 nitrogen and oxygen atoms in total. The largest absolute Gasteiger partial charge is 0.497 e. The van der Waals surface area contributed by atoms with Gasteiger partial charge in [0.25, 0.3) is 0 Å². The number of fused-ring (bicyclic) bond motifs is 1. The molecule has 3 aromatic rings. The van der Waals surface area contributed by atoms with Gasteiger partial charge in [-0.3, -0.25) is 9.59 Å². The molecule has 0 fully saturated rings. The Balaban J connectivity index is 2.23. The molecule has 0 saturated carbocycles. The van der Waals surface area contributed by atoms with E-state index < -0.39 is 12.0 Å². The lowest BCUT2D eigenvalue weighted by Crippen LogP contribution is -2.33. The molecule has 1 atom stereocenters. The van der Waals surface area contributed by atoms with E-state index in [1.54, 1.807) is 13.2 Å². The SMILES string of the molecule is COc1ccc(C(NC(=O)C(C)C)c2c(OC(C)=O)ccc3ccccc23)cc1. The number of nitrogens with one attached hydrogen (secondary N) is 1. The molecule has 0 spiro atoms. The highest BCUT2D eigenvalue weighted by molar-refractivity contribution is 5.90. The molecule has 1 amide bonds. The Hall–Kier alpha value is -3.34. The molecule has 150 valence electrons. The number of ether oxygens (including phenoxy) is 2. The van der Waals surface area contributed by atoms with Gasteiger partial charge in [-0.1, -0.05) is 56.3 Å². The smallest absolute Gasteiger partial charge is 0.308 e. The van der Waals surface area contributed by atoms with E-state index >= 15 is 0 Å². The second-order valence-corrected chi connectivity index (χ2v) is 7.16. The third-order valence-electron chi connectivity index (χ3n) is 4.73. The first-order valence-electron chi connectivity index (χ1n) is 9.55. The van der Waals surface area contributed by atoms with Gasteiger partial charge in [-0.05, 0) is 34.5 Å². The molecule has 3 aromatic carbocycles. The van der Waals surface area contributed by atoms with Crippen LogP contribution in [0.25, 0.3) is 10.8 Å². The third-order valence-corrected chi connectivity index (χ3v) is 4.73. The van der Waals surface area contributed by atoms with Crippen LogP contribution in [0.3, 0.4) is 0 Å². The van der Waals surface area contributed by atoms with Crippen molar-refractivity contribution in [3.8, 4) is 11.5 Å². The van der Waals surface area contributed by atoms with Gasteiger partial charge in [-0.15, -0.1) is 0 Å². The summed E-state index contributed by atoms with van der Waals surface area (Å²) in [7, 11) is 1.61. The Bertz CT molecular complexity index is 1020. The van der Waals surface area contributed by atoms with E-state index in [1.807, 2.05) is 68.4 Å². The zero-order valence-electron chi connectivity index (χ0n) is 17.1. The summed E-state index contributed by atoms with van der Waals surface area (Å²) in [5.74, 6) is 0.461. The van der Waals surface area contributed by atoms with Crippen LogP contribution in [-0.2, 0) is 9.59 Å². The Morgan fingerprint density at radius 2 is 1.62 bits per heavy atom. The fraction of sp³-hybridized carbons (Fsp3) is 0.250. The Morgan fingerprint density at radius 1 is 0.931 bits per heavy atom. The molecule has 0 saturated heterocycles. The zero-order valence-corrected chi connectivity index (χ0v) is 17.1. The van der Waals surface area contributed by atoms with Gasteiger partial charge in [0.05, 0.1) is 13.2 Å². The standard InChI is InChI=1S/C24H25NO4/c1-15(2)24(27)25-23(18-9-12-19(28-4)13-10-18)22-20-8-6-5-7-17(20)11-14-21(22)29-16(3)26/h5-15,23H,1-4H3,(H,25,27). The highest BCUT2D eigenvalue weighted by Gasteiger charge is 2.25. The normalized spacial score (nSPS) is 11.9. The van der Waals surface area contributed by atoms with Crippen molar-refractivity contribution in [2.24, 2.45) is 5.92 Å². The minimum Gasteiger partial charge on any atom is -0.497 e. The molecule has 0 aliphatic heterocycles. The first kappa shape index (κ1) is 20.4. The predicted molar refractivity (Wildman–Crippen MR) is 113 cm³/mol. The lowest BCUT2D eigenvalue weighted by atomic mass is 9.92. The molecule has 5 heteroatoms. The molecule has 0 radical (unpaired) electrons. The van der Waals surface area contributed by atoms with Gasteiger partial charge in [0, 0.05) is 18.4 Å². The number of esters is 1. The summed E-state index contributed by atoms with van der Waals surface area (Å²) in [6.45, 7) is 5.06. The van der Waals surface area contributed by atoms with E-state index in [4.69, 9.17) is 9.47 Å². The fourth-order valence-corrected chi connectivity index (χ4v) is 3.24. The lowest BCUT2D eigenvalue weighted by Gasteiger charge is -2.25. The molecule has 0 bridgehead atoms. The Kier molecular flexibility index (Phi) is 6.17. The first-order valence-corrected chi connectivity index (χ1v) is 9.55. The first-order chi connectivity index (χ1) is 13.9. The summed E-state index contributed by atoms with van der Waals surface area (Å²) in [6, 6.07) is 18.5. The van der Waals surface area contributed by atoms with Crippen molar-refractivity contribution in [2.45, 2.75) is 26.8 Å². The minimum absolute atomic E-state index is 0.0903. The number of carbonyl (C=O) groups excluding carboxylic acids is 2. The Labute approximate surface area is 170 Å². The zero-order chi connectivity index (χ0) is 21.0. The van der Waals surface area contributed by atoms with Crippen molar-refractivity contribution in [3.05, 3.63) is 71.8 Å². The average molecular weight is 391 g/mol. The van der Waals surface area contributed by atoms with Gasteiger partial charge in [-0.25, -0.2) is 0 Å². The fourth-order valence-electron chi connectivity index (χ4n) is 3.24. The van der Waals surface area contributed by atoms with Crippen molar-refractivity contribution in [2.75, 3.05) is 7.11 Å². The predicted octanol–water partition coefficient (Wildman–Crippen LogP) is 4.64. The lowest BCUT2D eigenvalue weighted by molar-refractivity contribution is -0.131. The molecule has 0 aromatic heterocycles. The van der Waals surface area contributed by atoms with Crippen LogP contribution in [0.5, 0.6) is 11.5 Å². The second kappa shape index (κ2) is 8.78. The van der Waals surface area contributed by atoms with Crippen molar-refractivity contribution in [3.63, 3.8) is 0 Å².